The highest BCUT2D eigenvalue weighted by Crippen LogP contribution is 2.29. The molecule has 0 aromatic heterocycles. The van der Waals surface area contributed by atoms with Gasteiger partial charge in [0.15, 0.2) is 11.5 Å². The first-order valence-corrected chi connectivity index (χ1v) is 15.2. The largest absolute Gasteiger partial charge is 0.490 e. The average Bonchev–Trinajstić information content (AvgIpc) is 2.97. The summed E-state index contributed by atoms with van der Waals surface area (Å²) in [4.78, 5) is 12.9. The highest BCUT2D eigenvalue weighted by molar-refractivity contribution is 9.10. The predicted molar refractivity (Wildman–Crippen MR) is 164 cm³/mol. The molecule has 4 aromatic rings. The van der Waals surface area contributed by atoms with Crippen LogP contribution in [0.3, 0.4) is 0 Å². The zero-order valence-electron chi connectivity index (χ0n) is 22.0. The Balaban J connectivity index is 1.46. The van der Waals surface area contributed by atoms with Gasteiger partial charge in [-0.1, -0.05) is 57.9 Å². The molecule has 4 aromatic carbocycles. The molecule has 0 saturated carbocycles. The normalized spacial score (nSPS) is 11.3. The zero-order chi connectivity index (χ0) is 29.2. The molecule has 41 heavy (non-hydrogen) atoms. The van der Waals surface area contributed by atoms with E-state index >= 15 is 0 Å². The van der Waals surface area contributed by atoms with Gasteiger partial charge in [-0.25, -0.2) is 13.8 Å². The zero-order valence-corrected chi connectivity index (χ0v) is 25.2. The number of nitrogens with zero attached hydrogens (tertiary/aromatic N) is 2. The van der Waals surface area contributed by atoms with E-state index in [9.17, 15) is 13.2 Å². The molecule has 4 rings (SSSR count). The van der Waals surface area contributed by atoms with Gasteiger partial charge in [-0.05, 0) is 84.8 Å². The van der Waals surface area contributed by atoms with Gasteiger partial charge in [-0.2, -0.15) is 5.10 Å². The Morgan fingerprint density at radius 2 is 1.71 bits per heavy atom. The highest BCUT2D eigenvalue weighted by atomic mass is 79.9. The molecule has 1 amide bonds. The van der Waals surface area contributed by atoms with Gasteiger partial charge in [0.1, 0.15) is 13.2 Å². The van der Waals surface area contributed by atoms with Crippen LogP contribution in [0.1, 0.15) is 18.1 Å². The Morgan fingerprint density at radius 1 is 0.951 bits per heavy atom. The topological polar surface area (TPSA) is 97.3 Å². The fourth-order valence-corrected chi connectivity index (χ4v) is 5.69. The molecule has 212 valence electrons. The molecule has 11 heteroatoms. The number of nitrogens with one attached hydrogen (secondary N) is 1. The first kappa shape index (κ1) is 30.1. The molecule has 0 aliphatic rings. The number of carbonyl (C=O) groups excluding carboxylic acids is 1. The van der Waals surface area contributed by atoms with Crippen LogP contribution in [0, 0.1) is 0 Å². The first-order chi connectivity index (χ1) is 19.8. The van der Waals surface area contributed by atoms with Crippen molar-refractivity contribution in [1.82, 2.24) is 5.43 Å². The number of hydrogen-bond donors (Lipinski definition) is 1. The van der Waals surface area contributed by atoms with Gasteiger partial charge in [0, 0.05) is 9.50 Å². The molecular formula is C30H27BrClN3O5S. The van der Waals surface area contributed by atoms with Crippen molar-refractivity contribution in [1.29, 1.82) is 0 Å². The Hall–Kier alpha value is -3.86. The van der Waals surface area contributed by atoms with Gasteiger partial charge in [0.25, 0.3) is 15.9 Å². The van der Waals surface area contributed by atoms with Crippen molar-refractivity contribution >= 4 is 55.4 Å². The van der Waals surface area contributed by atoms with E-state index in [1.807, 2.05) is 25.1 Å². The number of hydrazone groups is 1. The van der Waals surface area contributed by atoms with E-state index in [0.717, 1.165) is 14.3 Å². The summed E-state index contributed by atoms with van der Waals surface area (Å²) < 4.78 is 40.3. The van der Waals surface area contributed by atoms with Crippen molar-refractivity contribution in [3.05, 3.63) is 118 Å². The summed E-state index contributed by atoms with van der Waals surface area (Å²) in [6.45, 7) is 2.12. The maximum Gasteiger partial charge on any atom is 0.264 e. The van der Waals surface area contributed by atoms with E-state index in [1.54, 1.807) is 66.7 Å². The number of hydrogen-bond acceptors (Lipinski definition) is 6. The van der Waals surface area contributed by atoms with Crippen molar-refractivity contribution in [3.63, 3.8) is 0 Å². The molecule has 1 N–H and O–H groups in total. The van der Waals surface area contributed by atoms with Gasteiger partial charge in [0.2, 0.25) is 0 Å². The average molecular weight is 657 g/mol. The van der Waals surface area contributed by atoms with Gasteiger partial charge < -0.3 is 9.47 Å². The van der Waals surface area contributed by atoms with Crippen LogP contribution in [0.4, 0.5) is 5.69 Å². The molecule has 0 fully saturated rings. The number of anilines is 1. The standard InChI is InChI=1S/C30H27BrClN3O5S/c1-2-39-29-18-22(11-16-28(29)40-21-23-7-6-8-25(32)17-23)19-33-34-30(36)20-35(26-14-12-24(31)13-15-26)41(37,38)27-9-4-3-5-10-27/h3-19H,2,20-21H2,1H3,(H,34,36)/b33-19-. The van der Waals surface area contributed by atoms with Crippen molar-refractivity contribution in [3.8, 4) is 11.5 Å². The van der Waals surface area contributed by atoms with Crippen molar-refractivity contribution in [2.24, 2.45) is 5.10 Å². The van der Waals surface area contributed by atoms with E-state index in [-0.39, 0.29) is 4.90 Å². The van der Waals surface area contributed by atoms with Crippen molar-refractivity contribution in [2.45, 2.75) is 18.4 Å². The van der Waals surface area contributed by atoms with Gasteiger partial charge >= 0.3 is 0 Å². The minimum atomic E-state index is -4.02. The third kappa shape index (κ3) is 8.32. The monoisotopic (exact) mass is 655 g/mol. The molecule has 0 heterocycles. The summed E-state index contributed by atoms with van der Waals surface area (Å²) >= 11 is 9.41. The molecule has 8 nitrogen and oxygen atoms in total. The Morgan fingerprint density at radius 3 is 2.41 bits per heavy atom. The molecule has 0 bridgehead atoms. The van der Waals surface area contributed by atoms with E-state index < -0.39 is 22.5 Å². The molecule has 0 unspecified atom stereocenters. The Bertz CT molecular complexity index is 1620. The Kier molecular flexibility index (Phi) is 10.4. The number of carbonyl (C=O) groups is 1. The summed E-state index contributed by atoms with van der Waals surface area (Å²) in [6, 6.07) is 27.2. The summed E-state index contributed by atoms with van der Waals surface area (Å²) in [7, 11) is -4.02. The fourth-order valence-electron chi connectivity index (χ4n) is 3.77. The van der Waals surface area contributed by atoms with Crippen molar-refractivity contribution < 1.29 is 22.7 Å². The number of ether oxygens (including phenoxy) is 2. The predicted octanol–water partition coefficient (Wildman–Crippen LogP) is 6.43. The number of rotatable bonds is 12. The van der Waals surface area contributed by atoms with E-state index in [2.05, 4.69) is 26.5 Å². The summed E-state index contributed by atoms with van der Waals surface area (Å²) in [5, 5.41) is 4.65. The number of amides is 1. The van der Waals surface area contributed by atoms with Crippen LogP contribution in [0.5, 0.6) is 11.5 Å². The van der Waals surface area contributed by atoms with Gasteiger partial charge in [0.05, 0.1) is 23.4 Å². The number of halogens is 2. The molecule has 0 spiro atoms. The molecule has 0 aliphatic heterocycles. The molecular weight excluding hydrogens is 630 g/mol. The van der Waals surface area contributed by atoms with Crippen LogP contribution in [0.2, 0.25) is 5.02 Å². The second-order valence-corrected chi connectivity index (χ2v) is 11.9. The van der Waals surface area contributed by atoms with Crippen LogP contribution >= 0.6 is 27.5 Å². The van der Waals surface area contributed by atoms with E-state index in [4.69, 9.17) is 21.1 Å². The SMILES string of the molecule is CCOc1cc(/C=N\NC(=O)CN(c2ccc(Br)cc2)S(=O)(=O)c2ccccc2)ccc1OCc1cccc(Cl)c1. The van der Waals surface area contributed by atoms with E-state index in [0.29, 0.717) is 41.0 Å². The quantitative estimate of drug-likeness (QED) is 0.140. The maximum atomic E-state index is 13.4. The smallest absolute Gasteiger partial charge is 0.264 e. The number of benzene rings is 4. The molecule has 0 saturated heterocycles. The van der Waals surface area contributed by atoms with Crippen LogP contribution in [0.25, 0.3) is 0 Å². The molecule has 0 radical (unpaired) electrons. The third-order valence-corrected chi connectivity index (χ3v) is 8.24. The van der Waals surface area contributed by atoms with Crippen LogP contribution in [-0.4, -0.2) is 33.7 Å². The maximum absolute atomic E-state index is 13.4. The lowest BCUT2D eigenvalue weighted by molar-refractivity contribution is -0.119. The molecule has 0 atom stereocenters. The van der Waals surface area contributed by atoms with Gasteiger partial charge in [-0.15, -0.1) is 0 Å². The number of sulfonamides is 1. The van der Waals surface area contributed by atoms with Crippen LogP contribution in [0.15, 0.2) is 112 Å². The van der Waals surface area contributed by atoms with Crippen molar-refractivity contribution in [2.75, 3.05) is 17.5 Å². The summed E-state index contributed by atoms with van der Waals surface area (Å²) in [5.74, 6) is 0.444. The highest BCUT2D eigenvalue weighted by Gasteiger charge is 2.27. The molecule has 0 aliphatic carbocycles. The Labute approximate surface area is 252 Å². The van der Waals surface area contributed by atoms with Gasteiger partial charge in [-0.3, -0.25) is 9.10 Å². The second kappa shape index (κ2) is 14.2. The fraction of sp³-hybridized carbons (Fsp3) is 0.133. The van der Waals surface area contributed by atoms with Crippen LogP contribution in [-0.2, 0) is 21.4 Å². The van der Waals surface area contributed by atoms with E-state index in [1.165, 1.54) is 18.3 Å². The van der Waals surface area contributed by atoms with Crippen LogP contribution < -0.4 is 19.2 Å². The summed E-state index contributed by atoms with van der Waals surface area (Å²) in [6.07, 6.45) is 1.44. The lowest BCUT2D eigenvalue weighted by Crippen LogP contribution is -2.39. The summed E-state index contributed by atoms with van der Waals surface area (Å²) in [5.41, 5.74) is 4.31. The first-order valence-electron chi connectivity index (χ1n) is 12.6. The minimum absolute atomic E-state index is 0.0698. The lowest BCUT2D eigenvalue weighted by Gasteiger charge is -2.23. The minimum Gasteiger partial charge on any atom is -0.490 e. The lowest BCUT2D eigenvalue weighted by atomic mass is 10.2. The third-order valence-electron chi connectivity index (χ3n) is 5.69. The second-order valence-electron chi connectivity index (χ2n) is 8.65.